The molecule has 2 aromatic carbocycles. The highest BCUT2D eigenvalue weighted by Gasteiger charge is 2.28. The maximum atomic E-state index is 13.3. The maximum absolute atomic E-state index is 13.3. The molecule has 0 saturated heterocycles. The monoisotopic (exact) mass is 356 g/mol. The summed E-state index contributed by atoms with van der Waals surface area (Å²) in [4.78, 5) is 25.0. The third-order valence-corrected chi connectivity index (χ3v) is 3.92. The van der Waals surface area contributed by atoms with E-state index in [1.807, 2.05) is 51.1 Å². The third-order valence-electron chi connectivity index (χ3n) is 3.92. The summed E-state index contributed by atoms with van der Waals surface area (Å²) in [5, 5.41) is 1.34. The zero-order valence-corrected chi connectivity index (χ0v) is 15.5. The average Bonchev–Trinajstić information content (AvgIpc) is 2.59. The number of hydrogen-bond acceptors (Lipinski definition) is 2. The molecule has 0 aliphatic rings. The van der Waals surface area contributed by atoms with Gasteiger partial charge in [-0.15, -0.1) is 0 Å². The van der Waals surface area contributed by atoms with Crippen molar-refractivity contribution in [1.29, 1.82) is 0 Å². The highest BCUT2D eigenvalue weighted by Crippen LogP contribution is 2.15. The summed E-state index contributed by atoms with van der Waals surface area (Å²) >= 11 is 0. The largest absolute Gasteiger partial charge is 0.273 e. The first-order valence-electron chi connectivity index (χ1n) is 8.71. The van der Waals surface area contributed by atoms with E-state index in [4.69, 9.17) is 0 Å². The summed E-state index contributed by atoms with van der Waals surface area (Å²) in [5.74, 6) is -1.16. The van der Waals surface area contributed by atoms with Gasteiger partial charge in [-0.3, -0.25) is 15.0 Å². The van der Waals surface area contributed by atoms with Crippen LogP contribution in [-0.4, -0.2) is 22.4 Å². The van der Waals surface area contributed by atoms with Crippen molar-refractivity contribution in [2.45, 2.75) is 45.6 Å². The number of halogens is 1. The Balaban J connectivity index is 2.00. The van der Waals surface area contributed by atoms with Crippen LogP contribution in [0.3, 0.4) is 0 Å². The number of nitrogens with one attached hydrogen (secondary N) is 1. The first-order chi connectivity index (χ1) is 12.3. The highest BCUT2D eigenvalue weighted by molar-refractivity contribution is 5.95. The molecule has 4 nitrogen and oxygen atoms in total. The lowest BCUT2D eigenvalue weighted by Crippen LogP contribution is -2.55. The van der Waals surface area contributed by atoms with Crippen LogP contribution in [0, 0.1) is 5.82 Å². The Bertz CT molecular complexity index is 754. The number of carbonyl (C=O) groups is 2. The molecule has 2 aromatic rings. The summed E-state index contributed by atoms with van der Waals surface area (Å²) in [7, 11) is 0. The standard InChI is InChI=1S/C21H25FN2O2/c1-21(2,3)24(23-20(26)17-12-8-13-18(22)15-17)19(25)14-7-11-16-9-5-4-6-10-16/h4-6,8-10,12-13,15H,7,11,14H2,1-3H3,(H,23,26). The second-order valence-electron chi connectivity index (χ2n) is 7.19. The van der Waals surface area contributed by atoms with Crippen molar-refractivity contribution in [2.75, 3.05) is 0 Å². The van der Waals surface area contributed by atoms with E-state index in [1.165, 1.54) is 28.8 Å². The minimum atomic E-state index is -0.590. The van der Waals surface area contributed by atoms with Crippen molar-refractivity contribution in [2.24, 2.45) is 0 Å². The van der Waals surface area contributed by atoms with Gasteiger partial charge in [0.15, 0.2) is 0 Å². The predicted octanol–water partition coefficient (Wildman–Crippen LogP) is 4.12. The van der Waals surface area contributed by atoms with Crippen LogP contribution in [0.1, 0.15) is 49.5 Å². The van der Waals surface area contributed by atoms with Crippen LogP contribution in [-0.2, 0) is 11.2 Å². The van der Waals surface area contributed by atoms with E-state index in [0.29, 0.717) is 12.8 Å². The molecule has 0 unspecified atom stereocenters. The lowest BCUT2D eigenvalue weighted by atomic mass is 10.1. The van der Waals surface area contributed by atoms with Gasteiger partial charge in [-0.25, -0.2) is 9.40 Å². The summed E-state index contributed by atoms with van der Waals surface area (Å²) in [6.45, 7) is 5.52. The van der Waals surface area contributed by atoms with Crippen molar-refractivity contribution in [3.63, 3.8) is 0 Å². The SMILES string of the molecule is CC(C)(C)N(NC(=O)c1cccc(F)c1)C(=O)CCCc1ccccc1. The highest BCUT2D eigenvalue weighted by atomic mass is 19.1. The van der Waals surface area contributed by atoms with Crippen molar-refractivity contribution >= 4 is 11.8 Å². The molecule has 2 amide bonds. The summed E-state index contributed by atoms with van der Waals surface area (Å²) in [6.07, 6.45) is 1.79. The van der Waals surface area contributed by atoms with E-state index >= 15 is 0 Å². The van der Waals surface area contributed by atoms with E-state index < -0.39 is 17.3 Å². The van der Waals surface area contributed by atoms with Crippen LogP contribution < -0.4 is 5.43 Å². The van der Waals surface area contributed by atoms with Crippen LogP contribution in [0.25, 0.3) is 0 Å². The Kier molecular flexibility index (Phi) is 6.50. The van der Waals surface area contributed by atoms with Gasteiger partial charge in [0.2, 0.25) is 5.91 Å². The minimum Gasteiger partial charge on any atom is -0.273 e. The average molecular weight is 356 g/mol. The number of hydrazine groups is 1. The molecule has 1 N–H and O–H groups in total. The van der Waals surface area contributed by atoms with E-state index in [9.17, 15) is 14.0 Å². The van der Waals surface area contributed by atoms with Gasteiger partial charge >= 0.3 is 0 Å². The van der Waals surface area contributed by atoms with Gasteiger partial charge in [0, 0.05) is 12.0 Å². The van der Waals surface area contributed by atoms with Gasteiger partial charge in [-0.2, -0.15) is 0 Å². The predicted molar refractivity (Wildman–Crippen MR) is 99.8 cm³/mol. The second kappa shape index (κ2) is 8.61. The number of carbonyl (C=O) groups excluding carboxylic acids is 2. The van der Waals surface area contributed by atoms with Gasteiger partial charge in [0.25, 0.3) is 5.91 Å². The zero-order valence-electron chi connectivity index (χ0n) is 15.5. The van der Waals surface area contributed by atoms with Crippen LogP contribution in [0.5, 0.6) is 0 Å². The maximum Gasteiger partial charge on any atom is 0.269 e. The molecule has 2 rings (SSSR count). The van der Waals surface area contributed by atoms with Crippen LogP contribution in [0.15, 0.2) is 54.6 Å². The van der Waals surface area contributed by atoms with Crippen molar-refractivity contribution in [3.05, 3.63) is 71.5 Å². The number of amides is 2. The zero-order chi connectivity index (χ0) is 19.2. The molecule has 26 heavy (non-hydrogen) atoms. The fourth-order valence-corrected chi connectivity index (χ4v) is 2.60. The molecular formula is C21H25FN2O2. The van der Waals surface area contributed by atoms with Crippen molar-refractivity contribution in [1.82, 2.24) is 10.4 Å². The van der Waals surface area contributed by atoms with Crippen LogP contribution in [0.2, 0.25) is 0 Å². The normalized spacial score (nSPS) is 11.1. The molecule has 138 valence electrons. The molecule has 0 spiro atoms. The van der Waals surface area contributed by atoms with Crippen molar-refractivity contribution in [3.8, 4) is 0 Å². The number of hydrogen-bond donors (Lipinski definition) is 1. The van der Waals surface area contributed by atoms with Gasteiger partial charge < -0.3 is 0 Å². The number of rotatable bonds is 5. The Morgan fingerprint density at radius 3 is 2.35 bits per heavy atom. The molecular weight excluding hydrogens is 331 g/mol. The quantitative estimate of drug-likeness (QED) is 0.819. The lowest BCUT2D eigenvalue weighted by Gasteiger charge is -2.35. The van der Waals surface area contributed by atoms with Crippen LogP contribution in [0.4, 0.5) is 4.39 Å². The Hall–Kier alpha value is -2.69. The first-order valence-corrected chi connectivity index (χ1v) is 8.71. The third kappa shape index (κ3) is 5.69. The van der Waals surface area contributed by atoms with Gasteiger partial charge in [0.05, 0.1) is 5.54 Å². The molecule has 0 fully saturated rings. The fraction of sp³-hybridized carbons (Fsp3) is 0.333. The molecule has 0 atom stereocenters. The first kappa shape index (κ1) is 19.6. The molecule has 0 heterocycles. The van der Waals surface area contributed by atoms with Gasteiger partial charge in [-0.1, -0.05) is 36.4 Å². The molecule has 0 aromatic heterocycles. The topological polar surface area (TPSA) is 49.4 Å². The van der Waals surface area contributed by atoms with Gasteiger partial charge in [-0.05, 0) is 57.4 Å². The van der Waals surface area contributed by atoms with E-state index in [1.54, 1.807) is 0 Å². The molecule has 0 saturated carbocycles. The van der Waals surface area contributed by atoms with Crippen LogP contribution >= 0.6 is 0 Å². The molecule has 5 heteroatoms. The van der Waals surface area contributed by atoms with E-state index in [0.717, 1.165) is 12.5 Å². The lowest BCUT2D eigenvalue weighted by molar-refractivity contribution is -0.139. The Morgan fingerprint density at radius 1 is 1.04 bits per heavy atom. The fourth-order valence-electron chi connectivity index (χ4n) is 2.60. The molecule has 0 aliphatic heterocycles. The molecule has 0 bridgehead atoms. The Labute approximate surface area is 154 Å². The second-order valence-corrected chi connectivity index (χ2v) is 7.19. The minimum absolute atomic E-state index is 0.168. The summed E-state index contributed by atoms with van der Waals surface area (Å²) in [6, 6.07) is 15.3. The molecule has 0 aliphatic carbocycles. The summed E-state index contributed by atoms with van der Waals surface area (Å²) in [5.41, 5.74) is 3.39. The van der Waals surface area contributed by atoms with Crippen molar-refractivity contribution < 1.29 is 14.0 Å². The number of aryl methyl sites for hydroxylation is 1. The Morgan fingerprint density at radius 2 is 1.73 bits per heavy atom. The summed E-state index contributed by atoms with van der Waals surface area (Å²) < 4.78 is 13.3. The number of benzene rings is 2. The smallest absolute Gasteiger partial charge is 0.269 e. The molecule has 0 radical (unpaired) electrons. The van der Waals surface area contributed by atoms with E-state index in [2.05, 4.69) is 5.43 Å². The van der Waals surface area contributed by atoms with Gasteiger partial charge in [0.1, 0.15) is 5.82 Å². The number of nitrogens with zero attached hydrogens (tertiary/aromatic N) is 1. The van der Waals surface area contributed by atoms with E-state index in [-0.39, 0.29) is 11.5 Å².